The molecule has 0 aliphatic rings. The molecule has 1 unspecified atom stereocenters. The number of carbonyl (C=O) groups excluding carboxylic acids is 2. The van der Waals surface area contributed by atoms with Crippen molar-refractivity contribution in [1.82, 2.24) is 0 Å². The average Bonchev–Trinajstić information content (AvgIpc) is 3.11. The Morgan fingerprint density at radius 2 is 0.961 bits per heavy atom. The van der Waals surface area contributed by atoms with Crippen LogP contribution >= 0.6 is 7.82 Å². The molecule has 51 heavy (non-hydrogen) atoms. The Bertz CT molecular complexity index is 856. The highest BCUT2D eigenvalue weighted by atomic mass is 31.2. The van der Waals surface area contributed by atoms with Crippen LogP contribution in [0.4, 0.5) is 0 Å². The first-order chi connectivity index (χ1) is 24.8. The SMILES string of the molecule is CCCCCCCC/C=C\CCCCCCCC(=O)O[C@H](COC(=O)CCCCCCCCCCCCCCCCC)COP(=O)([O-])OCCN. The molecule has 0 heterocycles. The summed E-state index contributed by atoms with van der Waals surface area (Å²) in [6.45, 7) is 3.54. The number of ether oxygens (including phenoxy) is 2. The van der Waals surface area contributed by atoms with Crippen LogP contribution in [0, 0.1) is 0 Å². The van der Waals surface area contributed by atoms with Gasteiger partial charge in [-0.1, -0.05) is 167 Å². The third-order valence-corrected chi connectivity index (χ3v) is 10.1. The molecular weight excluding hydrogens is 665 g/mol. The van der Waals surface area contributed by atoms with E-state index in [4.69, 9.17) is 19.7 Å². The van der Waals surface area contributed by atoms with Crippen molar-refractivity contribution in [3.8, 4) is 0 Å². The molecule has 2 atom stereocenters. The van der Waals surface area contributed by atoms with Crippen LogP contribution in [0.25, 0.3) is 0 Å². The van der Waals surface area contributed by atoms with Crippen LogP contribution < -0.4 is 10.6 Å². The number of phosphoric ester groups is 1. The molecule has 0 saturated carbocycles. The first-order valence-corrected chi connectivity index (χ1v) is 22.6. The van der Waals surface area contributed by atoms with Gasteiger partial charge in [0, 0.05) is 19.4 Å². The van der Waals surface area contributed by atoms with Crippen molar-refractivity contribution in [1.29, 1.82) is 0 Å². The van der Waals surface area contributed by atoms with Gasteiger partial charge in [-0.15, -0.1) is 0 Å². The number of hydrogen-bond acceptors (Lipinski definition) is 9. The molecule has 0 amide bonds. The Hall–Kier alpha value is -1.25. The van der Waals surface area contributed by atoms with E-state index < -0.39 is 32.5 Å². The Labute approximate surface area is 313 Å². The van der Waals surface area contributed by atoms with E-state index in [2.05, 4.69) is 30.5 Å². The molecule has 0 aliphatic carbocycles. The number of esters is 2. The monoisotopic (exact) mass is 745 g/mol. The zero-order chi connectivity index (χ0) is 37.5. The molecule has 302 valence electrons. The van der Waals surface area contributed by atoms with Gasteiger partial charge in [-0.3, -0.25) is 14.2 Å². The largest absolute Gasteiger partial charge is 0.756 e. The van der Waals surface area contributed by atoms with E-state index in [-0.39, 0.29) is 32.6 Å². The van der Waals surface area contributed by atoms with Crippen LogP contribution in [0.2, 0.25) is 0 Å². The molecular formula is C41H79NO8P-. The zero-order valence-corrected chi connectivity index (χ0v) is 34.0. The van der Waals surface area contributed by atoms with Crippen molar-refractivity contribution in [3.63, 3.8) is 0 Å². The van der Waals surface area contributed by atoms with Gasteiger partial charge in [0.2, 0.25) is 0 Å². The molecule has 0 bridgehead atoms. The molecule has 0 aliphatic heterocycles. The van der Waals surface area contributed by atoms with Crippen LogP contribution in [-0.4, -0.2) is 44.4 Å². The number of allylic oxidation sites excluding steroid dienone is 2. The van der Waals surface area contributed by atoms with Gasteiger partial charge < -0.3 is 29.1 Å². The molecule has 0 spiro atoms. The van der Waals surface area contributed by atoms with Gasteiger partial charge in [0.1, 0.15) is 6.61 Å². The van der Waals surface area contributed by atoms with Gasteiger partial charge in [-0.25, -0.2) is 0 Å². The maximum atomic E-state index is 12.5. The zero-order valence-electron chi connectivity index (χ0n) is 33.1. The Kier molecular flexibility index (Phi) is 37.5. The number of unbranched alkanes of at least 4 members (excludes halogenated alkanes) is 25. The summed E-state index contributed by atoms with van der Waals surface area (Å²) >= 11 is 0. The lowest BCUT2D eigenvalue weighted by Gasteiger charge is -2.25. The summed E-state index contributed by atoms with van der Waals surface area (Å²) in [5.74, 6) is -0.865. The fourth-order valence-corrected chi connectivity index (χ4v) is 6.73. The van der Waals surface area contributed by atoms with Crippen molar-refractivity contribution in [2.75, 3.05) is 26.4 Å². The number of phosphoric acid groups is 1. The van der Waals surface area contributed by atoms with Gasteiger partial charge in [-0.05, 0) is 38.5 Å². The Morgan fingerprint density at radius 1 is 0.569 bits per heavy atom. The minimum Gasteiger partial charge on any atom is -0.756 e. The van der Waals surface area contributed by atoms with Crippen LogP contribution in [0.5, 0.6) is 0 Å². The number of nitrogens with two attached hydrogens (primary N) is 1. The summed E-state index contributed by atoms with van der Waals surface area (Å²) < 4.78 is 32.4. The molecule has 0 radical (unpaired) electrons. The Balaban J connectivity index is 4.15. The third kappa shape index (κ3) is 38.3. The summed E-state index contributed by atoms with van der Waals surface area (Å²) in [4.78, 5) is 36.9. The van der Waals surface area contributed by atoms with E-state index in [1.807, 2.05) is 0 Å². The first kappa shape index (κ1) is 49.8. The summed E-state index contributed by atoms with van der Waals surface area (Å²) in [6.07, 6.45) is 37.8. The van der Waals surface area contributed by atoms with Crippen LogP contribution in [-0.2, 0) is 32.7 Å². The molecule has 0 rings (SSSR count). The van der Waals surface area contributed by atoms with Crippen LogP contribution in [0.1, 0.15) is 206 Å². The summed E-state index contributed by atoms with van der Waals surface area (Å²) in [7, 11) is -4.62. The van der Waals surface area contributed by atoms with Crippen molar-refractivity contribution >= 4 is 19.8 Å². The lowest BCUT2D eigenvalue weighted by molar-refractivity contribution is -0.228. The minimum atomic E-state index is -4.62. The molecule has 9 nitrogen and oxygen atoms in total. The van der Waals surface area contributed by atoms with E-state index in [0.717, 1.165) is 51.4 Å². The Morgan fingerprint density at radius 3 is 1.39 bits per heavy atom. The summed E-state index contributed by atoms with van der Waals surface area (Å²) in [6, 6.07) is 0. The molecule has 0 aromatic carbocycles. The van der Waals surface area contributed by atoms with Crippen molar-refractivity contribution in [2.45, 2.75) is 213 Å². The fraction of sp³-hybridized carbons (Fsp3) is 0.902. The summed E-state index contributed by atoms with van der Waals surface area (Å²) in [5, 5.41) is 0. The lowest BCUT2D eigenvalue weighted by Crippen LogP contribution is -2.30. The predicted octanol–water partition coefficient (Wildman–Crippen LogP) is 11.2. The highest BCUT2D eigenvalue weighted by molar-refractivity contribution is 7.45. The maximum absolute atomic E-state index is 12.5. The highest BCUT2D eigenvalue weighted by Crippen LogP contribution is 2.38. The number of rotatable bonds is 40. The molecule has 0 saturated heterocycles. The van der Waals surface area contributed by atoms with Gasteiger partial charge in [0.25, 0.3) is 7.82 Å². The smallest absolute Gasteiger partial charge is 0.306 e. The van der Waals surface area contributed by atoms with Crippen molar-refractivity contribution < 1.29 is 37.6 Å². The predicted molar refractivity (Wildman–Crippen MR) is 208 cm³/mol. The van der Waals surface area contributed by atoms with E-state index in [1.54, 1.807) is 0 Å². The normalized spacial score (nSPS) is 13.4. The standard InChI is InChI=1S/C41H80NO8P/c1-3-5-7-9-11-13-15-17-19-21-23-25-27-29-31-33-40(43)47-37-39(38-49-51(45,46)48-36-35-42)50-41(44)34-32-30-28-26-24-22-20-18-16-14-12-10-8-6-4-2/h18,20,39H,3-17,19,21-38,42H2,1-2H3,(H,45,46)/p-1/b20-18-/t39-/m1/s1. The maximum Gasteiger partial charge on any atom is 0.306 e. The second-order valence-corrected chi connectivity index (χ2v) is 15.6. The van der Waals surface area contributed by atoms with Crippen molar-refractivity contribution in [2.24, 2.45) is 5.73 Å². The molecule has 0 fully saturated rings. The van der Waals surface area contributed by atoms with Gasteiger partial charge in [0.15, 0.2) is 6.10 Å². The quantitative estimate of drug-likeness (QED) is 0.0281. The first-order valence-electron chi connectivity index (χ1n) is 21.1. The molecule has 2 N–H and O–H groups in total. The average molecular weight is 745 g/mol. The third-order valence-electron chi connectivity index (χ3n) is 9.14. The van der Waals surface area contributed by atoms with Gasteiger partial charge in [-0.2, -0.15) is 0 Å². The van der Waals surface area contributed by atoms with Gasteiger partial charge >= 0.3 is 11.9 Å². The molecule has 10 heteroatoms. The van der Waals surface area contributed by atoms with E-state index >= 15 is 0 Å². The van der Waals surface area contributed by atoms with E-state index in [9.17, 15) is 19.0 Å². The molecule has 0 aromatic rings. The lowest BCUT2D eigenvalue weighted by atomic mass is 10.0. The minimum absolute atomic E-state index is 0.0148. The molecule has 0 aromatic heterocycles. The summed E-state index contributed by atoms with van der Waals surface area (Å²) in [5.41, 5.74) is 5.31. The van der Waals surface area contributed by atoms with Crippen LogP contribution in [0.15, 0.2) is 12.2 Å². The second kappa shape index (κ2) is 38.5. The number of carbonyl (C=O) groups is 2. The highest BCUT2D eigenvalue weighted by Gasteiger charge is 2.21. The number of hydrogen-bond donors (Lipinski definition) is 1. The fourth-order valence-electron chi connectivity index (χ4n) is 5.98. The van der Waals surface area contributed by atoms with Crippen LogP contribution in [0.3, 0.4) is 0 Å². The second-order valence-electron chi connectivity index (χ2n) is 14.2. The topological polar surface area (TPSA) is 137 Å². The van der Waals surface area contributed by atoms with Gasteiger partial charge in [0.05, 0.1) is 13.2 Å². The van der Waals surface area contributed by atoms with E-state index in [0.29, 0.717) is 6.42 Å². The van der Waals surface area contributed by atoms with E-state index in [1.165, 1.54) is 122 Å². The van der Waals surface area contributed by atoms with Crippen molar-refractivity contribution in [3.05, 3.63) is 12.2 Å².